The van der Waals surface area contributed by atoms with Crippen LogP contribution in [0.4, 0.5) is 5.69 Å². The van der Waals surface area contributed by atoms with Gasteiger partial charge in [-0.05, 0) is 47.4 Å². The topological polar surface area (TPSA) is 53.0 Å². The summed E-state index contributed by atoms with van der Waals surface area (Å²) in [6.45, 7) is 2.86. The predicted molar refractivity (Wildman–Crippen MR) is 79.8 cm³/mol. The zero-order chi connectivity index (χ0) is 13.9. The second-order valence-electron chi connectivity index (χ2n) is 5.30. The van der Waals surface area contributed by atoms with E-state index < -0.39 is 0 Å². The highest BCUT2D eigenvalue weighted by Crippen LogP contribution is 2.22. The Hall–Kier alpha value is -2.31. The summed E-state index contributed by atoms with van der Waals surface area (Å²) in [5.74, 6) is 0. The van der Waals surface area contributed by atoms with E-state index in [1.165, 1.54) is 16.7 Å². The maximum absolute atomic E-state index is 8.95. The Kier molecular flexibility index (Phi) is 3.41. The molecule has 0 bridgehead atoms. The third kappa shape index (κ3) is 2.66. The first-order valence-electron chi connectivity index (χ1n) is 6.83. The predicted octanol–water partition coefficient (Wildman–Crippen LogP) is 2.70. The zero-order valence-electron chi connectivity index (χ0n) is 11.3. The van der Waals surface area contributed by atoms with Gasteiger partial charge >= 0.3 is 0 Å². The Morgan fingerprint density at radius 1 is 1.15 bits per heavy atom. The number of benzene rings is 2. The van der Waals surface area contributed by atoms with Crippen LogP contribution >= 0.6 is 0 Å². The summed E-state index contributed by atoms with van der Waals surface area (Å²) in [5, 5.41) is 8.95. The van der Waals surface area contributed by atoms with E-state index in [1.54, 1.807) is 0 Å². The normalized spacial score (nSPS) is 14.6. The first kappa shape index (κ1) is 12.7. The summed E-state index contributed by atoms with van der Waals surface area (Å²) in [6, 6.07) is 16.2. The zero-order valence-corrected chi connectivity index (χ0v) is 11.3. The van der Waals surface area contributed by atoms with Gasteiger partial charge in [-0.2, -0.15) is 5.26 Å². The molecule has 0 radical (unpaired) electrons. The third-order valence-corrected chi connectivity index (χ3v) is 3.78. The first-order chi connectivity index (χ1) is 9.74. The molecule has 1 heterocycles. The van der Waals surface area contributed by atoms with Crippen molar-refractivity contribution in [1.29, 1.82) is 5.26 Å². The summed E-state index contributed by atoms with van der Waals surface area (Å²) in [4.78, 5) is 2.40. The summed E-state index contributed by atoms with van der Waals surface area (Å²) in [6.07, 6.45) is 1.06. The summed E-state index contributed by atoms with van der Waals surface area (Å²) in [7, 11) is 0. The summed E-state index contributed by atoms with van der Waals surface area (Å²) >= 11 is 0. The van der Waals surface area contributed by atoms with Crippen LogP contribution in [0, 0.1) is 11.3 Å². The van der Waals surface area contributed by atoms with Crippen LogP contribution in [0.3, 0.4) is 0 Å². The van der Waals surface area contributed by atoms with Crippen molar-refractivity contribution >= 4 is 5.69 Å². The van der Waals surface area contributed by atoms with Gasteiger partial charge in [0.05, 0.1) is 11.6 Å². The van der Waals surface area contributed by atoms with Crippen LogP contribution in [-0.2, 0) is 19.5 Å². The highest BCUT2D eigenvalue weighted by molar-refractivity contribution is 5.45. The second kappa shape index (κ2) is 5.36. The van der Waals surface area contributed by atoms with Crippen molar-refractivity contribution in [1.82, 2.24) is 4.90 Å². The maximum atomic E-state index is 8.95. The fourth-order valence-electron chi connectivity index (χ4n) is 2.77. The number of fused-ring (bicyclic) bond motifs is 1. The average Bonchev–Trinajstić information content (AvgIpc) is 2.47. The Morgan fingerprint density at radius 3 is 2.90 bits per heavy atom. The van der Waals surface area contributed by atoms with Gasteiger partial charge in [-0.3, -0.25) is 4.90 Å². The molecular weight excluding hydrogens is 246 g/mol. The molecule has 0 aliphatic carbocycles. The van der Waals surface area contributed by atoms with Crippen LogP contribution in [0.25, 0.3) is 0 Å². The molecule has 3 nitrogen and oxygen atoms in total. The van der Waals surface area contributed by atoms with Gasteiger partial charge in [-0.25, -0.2) is 0 Å². The molecule has 2 N–H and O–H groups in total. The number of nitrogen functional groups attached to an aromatic ring is 1. The minimum Gasteiger partial charge on any atom is -0.399 e. The molecule has 0 spiro atoms. The van der Waals surface area contributed by atoms with E-state index >= 15 is 0 Å². The van der Waals surface area contributed by atoms with Crippen LogP contribution in [0.1, 0.15) is 22.3 Å². The number of nitrogens with zero attached hydrogens (tertiary/aromatic N) is 2. The monoisotopic (exact) mass is 263 g/mol. The van der Waals surface area contributed by atoms with Crippen molar-refractivity contribution in [3.8, 4) is 6.07 Å². The average molecular weight is 263 g/mol. The Labute approximate surface area is 119 Å². The number of hydrogen-bond donors (Lipinski definition) is 1. The number of hydrogen-bond acceptors (Lipinski definition) is 3. The van der Waals surface area contributed by atoms with E-state index in [9.17, 15) is 0 Å². The molecule has 2 aromatic carbocycles. The molecule has 0 unspecified atom stereocenters. The van der Waals surface area contributed by atoms with E-state index in [-0.39, 0.29) is 0 Å². The van der Waals surface area contributed by atoms with Gasteiger partial charge in [-0.1, -0.05) is 18.2 Å². The van der Waals surface area contributed by atoms with E-state index in [0.29, 0.717) is 0 Å². The first-order valence-corrected chi connectivity index (χ1v) is 6.83. The largest absolute Gasteiger partial charge is 0.399 e. The van der Waals surface area contributed by atoms with Crippen molar-refractivity contribution in [3.63, 3.8) is 0 Å². The van der Waals surface area contributed by atoms with Crippen LogP contribution < -0.4 is 5.73 Å². The van der Waals surface area contributed by atoms with Crippen LogP contribution in [-0.4, -0.2) is 11.4 Å². The third-order valence-electron chi connectivity index (χ3n) is 3.78. The molecule has 20 heavy (non-hydrogen) atoms. The molecule has 0 amide bonds. The van der Waals surface area contributed by atoms with Crippen LogP contribution in [0.5, 0.6) is 0 Å². The number of anilines is 1. The lowest BCUT2D eigenvalue weighted by Gasteiger charge is -2.29. The van der Waals surface area contributed by atoms with Crippen LogP contribution in [0.15, 0.2) is 42.5 Å². The molecule has 0 saturated carbocycles. The molecule has 2 aromatic rings. The minimum absolute atomic E-state index is 0.726. The minimum atomic E-state index is 0.726. The fraction of sp³-hybridized carbons (Fsp3) is 0.235. The Balaban J connectivity index is 1.75. The lowest BCUT2D eigenvalue weighted by Crippen LogP contribution is -2.30. The molecule has 1 aliphatic heterocycles. The fourth-order valence-corrected chi connectivity index (χ4v) is 2.77. The standard InChI is InChI=1S/C17H17N3/c18-10-13-2-1-3-14(8-13)11-20-7-6-15-4-5-17(19)9-16(15)12-20/h1-5,8-9H,6-7,11-12,19H2. The Morgan fingerprint density at radius 2 is 2.05 bits per heavy atom. The van der Waals surface area contributed by atoms with E-state index in [1.807, 2.05) is 24.3 Å². The smallest absolute Gasteiger partial charge is 0.0991 e. The number of nitrogens with two attached hydrogens (primary N) is 1. The molecule has 1 aliphatic rings. The van der Waals surface area contributed by atoms with Gasteiger partial charge in [0.1, 0.15) is 0 Å². The highest BCUT2D eigenvalue weighted by Gasteiger charge is 2.16. The van der Waals surface area contributed by atoms with Crippen molar-refractivity contribution in [2.45, 2.75) is 19.5 Å². The van der Waals surface area contributed by atoms with E-state index in [4.69, 9.17) is 11.0 Å². The van der Waals surface area contributed by atoms with Gasteiger partial charge < -0.3 is 5.73 Å². The van der Waals surface area contributed by atoms with Gasteiger partial charge in [0.25, 0.3) is 0 Å². The van der Waals surface area contributed by atoms with Crippen molar-refractivity contribution in [2.75, 3.05) is 12.3 Å². The summed E-state index contributed by atoms with van der Waals surface area (Å²) < 4.78 is 0. The molecule has 0 fully saturated rings. The molecule has 3 heteroatoms. The van der Waals surface area contributed by atoms with E-state index in [0.717, 1.165) is 37.3 Å². The quantitative estimate of drug-likeness (QED) is 0.848. The molecule has 0 aromatic heterocycles. The number of nitriles is 1. The Bertz CT molecular complexity index is 670. The van der Waals surface area contributed by atoms with Gasteiger partial charge in [0.2, 0.25) is 0 Å². The number of rotatable bonds is 2. The van der Waals surface area contributed by atoms with Crippen molar-refractivity contribution in [2.24, 2.45) is 0 Å². The molecule has 3 rings (SSSR count). The van der Waals surface area contributed by atoms with Crippen molar-refractivity contribution < 1.29 is 0 Å². The SMILES string of the molecule is N#Cc1cccc(CN2CCc3ccc(N)cc3C2)c1. The van der Waals surface area contributed by atoms with Gasteiger partial charge in [-0.15, -0.1) is 0 Å². The summed E-state index contributed by atoms with van der Waals surface area (Å²) in [5.41, 5.74) is 11.3. The molecule has 0 atom stereocenters. The van der Waals surface area contributed by atoms with E-state index in [2.05, 4.69) is 29.2 Å². The lowest BCUT2D eigenvalue weighted by molar-refractivity contribution is 0.245. The van der Waals surface area contributed by atoms with Gasteiger partial charge in [0, 0.05) is 25.3 Å². The molecular formula is C17H17N3. The van der Waals surface area contributed by atoms with Crippen molar-refractivity contribution in [3.05, 3.63) is 64.7 Å². The molecule has 0 saturated heterocycles. The second-order valence-corrected chi connectivity index (χ2v) is 5.30. The van der Waals surface area contributed by atoms with Gasteiger partial charge in [0.15, 0.2) is 0 Å². The highest BCUT2D eigenvalue weighted by atomic mass is 15.1. The van der Waals surface area contributed by atoms with Crippen LogP contribution in [0.2, 0.25) is 0 Å². The lowest BCUT2D eigenvalue weighted by atomic mass is 9.98. The maximum Gasteiger partial charge on any atom is 0.0991 e. The molecule has 100 valence electrons.